The zero-order chi connectivity index (χ0) is 13.1. The molecule has 0 saturated heterocycles. The van der Waals surface area contributed by atoms with Crippen LogP contribution in [0.15, 0.2) is 36.5 Å². The van der Waals surface area contributed by atoms with Crippen LogP contribution in [-0.2, 0) is 0 Å². The molecule has 1 fully saturated rings. The van der Waals surface area contributed by atoms with Gasteiger partial charge in [0.15, 0.2) is 0 Å². The fraction of sp³-hybridized carbons (Fsp3) is 0.471. The lowest BCUT2D eigenvalue weighted by atomic mass is 9.83. The third kappa shape index (κ3) is 2.58. The zero-order valence-electron chi connectivity index (χ0n) is 11.6. The minimum atomic E-state index is 0.594. The molecular formula is C17H22N2. The summed E-state index contributed by atoms with van der Waals surface area (Å²) in [4.78, 5) is 4.56. The maximum atomic E-state index is 4.56. The Kier molecular flexibility index (Phi) is 3.67. The lowest BCUT2D eigenvalue weighted by molar-refractivity contribution is 0.317. The van der Waals surface area contributed by atoms with Gasteiger partial charge in [0.2, 0.25) is 0 Å². The van der Waals surface area contributed by atoms with Gasteiger partial charge < -0.3 is 5.32 Å². The Hall–Kier alpha value is -1.57. The molecule has 0 spiro atoms. The number of pyridine rings is 1. The van der Waals surface area contributed by atoms with Gasteiger partial charge in [-0.3, -0.25) is 0 Å². The molecule has 100 valence electrons. The van der Waals surface area contributed by atoms with Gasteiger partial charge in [-0.05, 0) is 30.2 Å². The van der Waals surface area contributed by atoms with Crippen LogP contribution in [0.2, 0.25) is 0 Å². The molecule has 1 aliphatic carbocycles. The fourth-order valence-corrected chi connectivity index (χ4v) is 3.30. The van der Waals surface area contributed by atoms with Crippen molar-refractivity contribution >= 4 is 16.6 Å². The number of benzene rings is 1. The number of anilines is 1. The van der Waals surface area contributed by atoms with E-state index < -0.39 is 0 Å². The molecule has 1 aromatic heterocycles. The van der Waals surface area contributed by atoms with Crippen molar-refractivity contribution in [3.05, 3.63) is 36.5 Å². The Morgan fingerprint density at radius 3 is 2.89 bits per heavy atom. The monoisotopic (exact) mass is 254 g/mol. The average Bonchev–Trinajstić information content (AvgIpc) is 2.48. The van der Waals surface area contributed by atoms with Crippen molar-refractivity contribution in [2.24, 2.45) is 5.92 Å². The summed E-state index contributed by atoms with van der Waals surface area (Å²) < 4.78 is 0. The molecule has 2 aromatic rings. The Labute approximate surface area is 115 Å². The van der Waals surface area contributed by atoms with Crippen molar-refractivity contribution in [1.29, 1.82) is 0 Å². The molecular weight excluding hydrogens is 232 g/mol. The highest BCUT2D eigenvalue weighted by Crippen LogP contribution is 2.30. The van der Waals surface area contributed by atoms with Gasteiger partial charge in [0.05, 0.1) is 0 Å². The summed E-state index contributed by atoms with van der Waals surface area (Å²) in [5.41, 5.74) is 0. The molecule has 0 aliphatic heterocycles. The highest BCUT2D eigenvalue weighted by Gasteiger charge is 2.24. The van der Waals surface area contributed by atoms with Crippen LogP contribution in [0, 0.1) is 5.92 Å². The third-order valence-corrected chi connectivity index (χ3v) is 4.43. The first kappa shape index (κ1) is 12.5. The van der Waals surface area contributed by atoms with Crippen LogP contribution in [-0.4, -0.2) is 11.0 Å². The second-order valence-corrected chi connectivity index (χ2v) is 5.58. The van der Waals surface area contributed by atoms with E-state index in [2.05, 4.69) is 47.6 Å². The normalized spacial score (nSPS) is 23.4. The number of aromatic nitrogens is 1. The van der Waals surface area contributed by atoms with Gasteiger partial charge >= 0.3 is 0 Å². The van der Waals surface area contributed by atoms with Crippen molar-refractivity contribution in [2.45, 2.75) is 45.1 Å². The number of rotatable bonds is 3. The number of hydrogen-bond donors (Lipinski definition) is 1. The van der Waals surface area contributed by atoms with Crippen LogP contribution in [0.5, 0.6) is 0 Å². The van der Waals surface area contributed by atoms with Crippen LogP contribution in [0.1, 0.15) is 39.0 Å². The van der Waals surface area contributed by atoms with E-state index in [1.165, 1.54) is 42.9 Å². The minimum absolute atomic E-state index is 0.594. The van der Waals surface area contributed by atoms with Gasteiger partial charge in [-0.1, -0.05) is 50.5 Å². The molecule has 1 N–H and O–H groups in total. The number of fused-ring (bicyclic) bond motifs is 1. The zero-order valence-corrected chi connectivity index (χ0v) is 11.6. The van der Waals surface area contributed by atoms with Crippen molar-refractivity contribution in [3.63, 3.8) is 0 Å². The summed E-state index contributed by atoms with van der Waals surface area (Å²) in [6, 6.07) is 11.2. The first-order valence-electron chi connectivity index (χ1n) is 7.49. The van der Waals surface area contributed by atoms with Gasteiger partial charge in [0, 0.05) is 17.6 Å². The Morgan fingerprint density at radius 2 is 2.00 bits per heavy atom. The van der Waals surface area contributed by atoms with E-state index in [9.17, 15) is 0 Å². The van der Waals surface area contributed by atoms with Gasteiger partial charge in [0.1, 0.15) is 5.82 Å². The van der Waals surface area contributed by atoms with E-state index in [0.717, 1.165) is 11.7 Å². The largest absolute Gasteiger partial charge is 0.367 e. The fourth-order valence-electron chi connectivity index (χ4n) is 3.30. The molecule has 2 atom stereocenters. The third-order valence-electron chi connectivity index (χ3n) is 4.43. The molecule has 0 radical (unpaired) electrons. The van der Waals surface area contributed by atoms with Crippen molar-refractivity contribution in [3.8, 4) is 0 Å². The number of nitrogens with zero attached hydrogens (tertiary/aromatic N) is 1. The van der Waals surface area contributed by atoms with E-state index in [-0.39, 0.29) is 0 Å². The second-order valence-electron chi connectivity index (χ2n) is 5.58. The predicted molar refractivity (Wildman–Crippen MR) is 81.4 cm³/mol. The highest BCUT2D eigenvalue weighted by molar-refractivity contribution is 5.91. The Balaban J connectivity index is 1.88. The second kappa shape index (κ2) is 5.60. The van der Waals surface area contributed by atoms with Gasteiger partial charge in [-0.25, -0.2) is 4.98 Å². The minimum Gasteiger partial charge on any atom is -0.367 e. The molecule has 1 aromatic carbocycles. The molecule has 2 unspecified atom stereocenters. The molecule has 0 bridgehead atoms. The topological polar surface area (TPSA) is 24.9 Å². The molecule has 3 rings (SSSR count). The molecule has 1 saturated carbocycles. The number of nitrogens with one attached hydrogen (secondary N) is 1. The maximum Gasteiger partial charge on any atom is 0.134 e. The first-order valence-corrected chi connectivity index (χ1v) is 7.49. The first-order chi connectivity index (χ1) is 9.38. The van der Waals surface area contributed by atoms with Crippen LogP contribution >= 0.6 is 0 Å². The molecule has 0 amide bonds. The van der Waals surface area contributed by atoms with E-state index in [1.807, 2.05) is 6.20 Å². The summed E-state index contributed by atoms with van der Waals surface area (Å²) in [6.45, 7) is 2.31. The van der Waals surface area contributed by atoms with Crippen LogP contribution < -0.4 is 5.32 Å². The lowest BCUT2D eigenvalue weighted by Crippen LogP contribution is -2.32. The smallest absolute Gasteiger partial charge is 0.134 e. The highest BCUT2D eigenvalue weighted by atomic mass is 15.0. The van der Waals surface area contributed by atoms with Gasteiger partial charge in [-0.15, -0.1) is 0 Å². The van der Waals surface area contributed by atoms with Crippen LogP contribution in [0.3, 0.4) is 0 Å². The van der Waals surface area contributed by atoms with Gasteiger partial charge in [0.25, 0.3) is 0 Å². The van der Waals surface area contributed by atoms with Crippen molar-refractivity contribution in [1.82, 2.24) is 4.98 Å². The molecule has 19 heavy (non-hydrogen) atoms. The van der Waals surface area contributed by atoms with E-state index in [4.69, 9.17) is 0 Å². The lowest BCUT2D eigenvalue weighted by Gasteiger charge is -2.32. The number of hydrogen-bond acceptors (Lipinski definition) is 2. The standard InChI is InChI=1S/C17H22N2/c1-2-13-7-4-6-10-16(13)19-17-15-9-5-3-8-14(15)11-12-18-17/h3,5,8-9,11-13,16H,2,4,6-7,10H2,1H3,(H,18,19). The van der Waals surface area contributed by atoms with Crippen molar-refractivity contribution < 1.29 is 0 Å². The van der Waals surface area contributed by atoms with E-state index in [1.54, 1.807) is 0 Å². The predicted octanol–water partition coefficient (Wildman–Crippen LogP) is 4.62. The molecule has 2 nitrogen and oxygen atoms in total. The quantitative estimate of drug-likeness (QED) is 0.864. The Morgan fingerprint density at radius 1 is 1.16 bits per heavy atom. The van der Waals surface area contributed by atoms with E-state index in [0.29, 0.717) is 6.04 Å². The van der Waals surface area contributed by atoms with Gasteiger partial charge in [-0.2, -0.15) is 0 Å². The summed E-state index contributed by atoms with van der Waals surface area (Å²) in [5, 5.41) is 6.22. The molecule has 2 heteroatoms. The molecule has 1 aliphatic rings. The van der Waals surface area contributed by atoms with E-state index >= 15 is 0 Å². The Bertz CT molecular complexity index is 544. The van der Waals surface area contributed by atoms with Crippen LogP contribution in [0.4, 0.5) is 5.82 Å². The summed E-state index contributed by atoms with van der Waals surface area (Å²) >= 11 is 0. The average molecular weight is 254 g/mol. The SMILES string of the molecule is CCC1CCCCC1Nc1nccc2ccccc12. The van der Waals surface area contributed by atoms with Crippen LogP contribution in [0.25, 0.3) is 10.8 Å². The summed E-state index contributed by atoms with van der Waals surface area (Å²) in [7, 11) is 0. The maximum absolute atomic E-state index is 4.56. The molecule has 1 heterocycles. The summed E-state index contributed by atoms with van der Waals surface area (Å²) in [6.07, 6.45) is 8.55. The summed E-state index contributed by atoms with van der Waals surface area (Å²) in [5.74, 6) is 1.86. The van der Waals surface area contributed by atoms with Crippen molar-refractivity contribution in [2.75, 3.05) is 5.32 Å².